The molecule has 1 aliphatic rings. The Labute approximate surface area is 121 Å². The van der Waals surface area contributed by atoms with Crippen LogP contribution in [0.4, 0.5) is 0 Å². The molecule has 0 bridgehead atoms. The van der Waals surface area contributed by atoms with Crippen molar-refractivity contribution >= 4 is 22.5 Å². The molecular formula is C18H13NO2. The maximum atomic E-state index is 12.8. The van der Waals surface area contributed by atoms with Crippen molar-refractivity contribution in [3.8, 4) is 0 Å². The molecule has 4 rings (SSSR count). The van der Waals surface area contributed by atoms with Gasteiger partial charge in [0.05, 0.1) is 11.3 Å². The van der Waals surface area contributed by atoms with Crippen LogP contribution in [-0.2, 0) is 0 Å². The van der Waals surface area contributed by atoms with Gasteiger partial charge in [-0.15, -0.1) is 0 Å². The average Bonchev–Trinajstić information content (AvgIpc) is 2.91. The Morgan fingerprint density at radius 2 is 1.43 bits per heavy atom. The molecular weight excluding hydrogens is 262 g/mol. The van der Waals surface area contributed by atoms with E-state index in [1.54, 1.807) is 24.3 Å². The number of nitrogens with one attached hydrogen (secondary N) is 1. The predicted octanol–water partition coefficient (Wildman–Crippen LogP) is 3.56. The van der Waals surface area contributed by atoms with Crippen molar-refractivity contribution in [2.45, 2.75) is 13.8 Å². The molecule has 0 radical (unpaired) electrons. The van der Waals surface area contributed by atoms with Gasteiger partial charge in [0.25, 0.3) is 0 Å². The zero-order chi connectivity index (χ0) is 14.7. The number of hydrogen-bond acceptors (Lipinski definition) is 2. The third-order valence-electron chi connectivity index (χ3n) is 4.24. The van der Waals surface area contributed by atoms with Crippen molar-refractivity contribution in [2.24, 2.45) is 0 Å². The second-order valence-electron chi connectivity index (χ2n) is 5.53. The highest BCUT2D eigenvalue weighted by atomic mass is 16.1. The smallest absolute Gasteiger partial charge is 0.210 e. The van der Waals surface area contributed by atoms with Crippen molar-refractivity contribution in [1.29, 1.82) is 0 Å². The van der Waals surface area contributed by atoms with Gasteiger partial charge in [-0.05, 0) is 25.0 Å². The fourth-order valence-electron chi connectivity index (χ4n) is 3.15. The standard InChI is InChI=1S/C18H13NO2/c1-9-7-8-10(2)15-13(9)14-16(19-15)18(21)12-6-4-3-5-11(12)17(14)20/h3-8,19H,1-2H3. The minimum absolute atomic E-state index is 0.0693. The first-order valence-electron chi connectivity index (χ1n) is 6.90. The number of fused-ring (bicyclic) bond motifs is 4. The van der Waals surface area contributed by atoms with Gasteiger partial charge < -0.3 is 4.98 Å². The van der Waals surface area contributed by atoms with Crippen LogP contribution in [-0.4, -0.2) is 16.6 Å². The molecule has 0 saturated heterocycles. The molecule has 102 valence electrons. The lowest BCUT2D eigenvalue weighted by Gasteiger charge is -2.14. The largest absolute Gasteiger partial charge is 0.351 e. The molecule has 0 spiro atoms. The van der Waals surface area contributed by atoms with Gasteiger partial charge in [0.15, 0.2) is 5.78 Å². The van der Waals surface area contributed by atoms with Crippen molar-refractivity contribution in [3.05, 3.63) is 69.9 Å². The summed E-state index contributed by atoms with van der Waals surface area (Å²) in [4.78, 5) is 28.7. The molecule has 0 atom stereocenters. The van der Waals surface area contributed by atoms with Gasteiger partial charge in [-0.3, -0.25) is 9.59 Å². The first-order valence-corrected chi connectivity index (χ1v) is 6.90. The van der Waals surface area contributed by atoms with E-state index in [2.05, 4.69) is 4.98 Å². The average molecular weight is 275 g/mol. The van der Waals surface area contributed by atoms with Gasteiger partial charge in [-0.2, -0.15) is 0 Å². The molecule has 0 saturated carbocycles. The Kier molecular flexibility index (Phi) is 2.25. The van der Waals surface area contributed by atoms with Gasteiger partial charge in [0.1, 0.15) is 0 Å². The summed E-state index contributed by atoms with van der Waals surface area (Å²) in [5, 5.41) is 0.873. The van der Waals surface area contributed by atoms with Crippen LogP contribution in [0.3, 0.4) is 0 Å². The number of carbonyl (C=O) groups excluding carboxylic acids is 2. The van der Waals surface area contributed by atoms with E-state index >= 15 is 0 Å². The van der Waals surface area contributed by atoms with Gasteiger partial charge in [0, 0.05) is 22.0 Å². The normalized spacial score (nSPS) is 13.4. The van der Waals surface area contributed by atoms with E-state index in [0.717, 1.165) is 22.0 Å². The monoisotopic (exact) mass is 275 g/mol. The SMILES string of the molecule is Cc1ccc(C)c2c3c([nH]c12)C(=O)c1ccccc1C3=O. The molecule has 3 heteroatoms. The summed E-state index contributed by atoms with van der Waals surface area (Å²) >= 11 is 0. The van der Waals surface area contributed by atoms with E-state index < -0.39 is 0 Å². The van der Waals surface area contributed by atoms with E-state index in [1.807, 2.05) is 26.0 Å². The van der Waals surface area contributed by atoms with Crippen LogP contribution in [0, 0.1) is 13.8 Å². The summed E-state index contributed by atoms with van der Waals surface area (Å²) in [7, 11) is 0. The lowest BCUT2D eigenvalue weighted by atomic mass is 9.86. The van der Waals surface area contributed by atoms with E-state index in [-0.39, 0.29) is 11.6 Å². The van der Waals surface area contributed by atoms with Gasteiger partial charge >= 0.3 is 0 Å². The maximum absolute atomic E-state index is 12.8. The summed E-state index contributed by atoms with van der Waals surface area (Å²) in [6, 6.07) is 11.0. The molecule has 1 N–H and O–H groups in total. The fourth-order valence-corrected chi connectivity index (χ4v) is 3.15. The van der Waals surface area contributed by atoms with Crippen molar-refractivity contribution in [1.82, 2.24) is 4.98 Å². The van der Waals surface area contributed by atoms with Crippen molar-refractivity contribution < 1.29 is 9.59 Å². The molecule has 1 aromatic heterocycles. The van der Waals surface area contributed by atoms with Gasteiger partial charge in [-0.1, -0.05) is 36.4 Å². The number of aromatic nitrogens is 1. The number of rotatable bonds is 0. The summed E-state index contributed by atoms with van der Waals surface area (Å²) < 4.78 is 0. The first-order chi connectivity index (χ1) is 10.1. The van der Waals surface area contributed by atoms with Gasteiger partial charge in [-0.25, -0.2) is 0 Å². The highest BCUT2D eigenvalue weighted by Gasteiger charge is 2.33. The molecule has 0 amide bonds. The number of carbonyl (C=O) groups is 2. The van der Waals surface area contributed by atoms with Crippen LogP contribution in [0.5, 0.6) is 0 Å². The maximum Gasteiger partial charge on any atom is 0.210 e. The highest BCUT2D eigenvalue weighted by Crippen LogP contribution is 2.35. The molecule has 2 aromatic carbocycles. The number of aryl methyl sites for hydroxylation is 2. The molecule has 0 fully saturated rings. The van der Waals surface area contributed by atoms with Gasteiger partial charge in [0.2, 0.25) is 5.78 Å². The quantitative estimate of drug-likeness (QED) is 0.533. The zero-order valence-electron chi connectivity index (χ0n) is 11.8. The number of benzene rings is 2. The van der Waals surface area contributed by atoms with Crippen LogP contribution < -0.4 is 0 Å². The van der Waals surface area contributed by atoms with E-state index in [0.29, 0.717) is 22.4 Å². The molecule has 3 nitrogen and oxygen atoms in total. The molecule has 0 unspecified atom stereocenters. The molecule has 1 aliphatic carbocycles. The minimum Gasteiger partial charge on any atom is -0.351 e. The lowest BCUT2D eigenvalue weighted by Crippen LogP contribution is -2.20. The van der Waals surface area contributed by atoms with Crippen LogP contribution >= 0.6 is 0 Å². The molecule has 21 heavy (non-hydrogen) atoms. The third-order valence-corrected chi connectivity index (χ3v) is 4.24. The Morgan fingerprint density at radius 3 is 2.14 bits per heavy atom. The summed E-state index contributed by atoms with van der Waals surface area (Å²) in [5.74, 6) is -0.171. The van der Waals surface area contributed by atoms with Crippen LogP contribution in [0.1, 0.15) is 43.1 Å². The topological polar surface area (TPSA) is 49.9 Å². The Hall–Kier alpha value is -2.68. The third kappa shape index (κ3) is 1.43. The molecule has 0 aliphatic heterocycles. The van der Waals surface area contributed by atoms with Crippen LogP contribution in [0.15, 0.2) is 36.4 Å². The molecule has 1 heterocycles. The number of H-pyrrole nitrogens is 1. The van der Waals surface area contributed by atoms with E-state index in [1.165, 1.54) is 0 Å². The first kappa shape index (κ1) is 12.1. The Balaban J connectivity index is 2.17. The lowest BCUT2D eigenvalue weighted by molar-refractivity contribution is 0.0978. The molecule has 3 aromatic rings. The van der Waals surface area contributed by atoms with Crippen LogP contribution in [0.2, 0.25) is 0 Å². The summed E-state index contributed by atoms with van der Waals surface area (Å²) in [5.41, 5.74) is 4.85. The second kappa shape index (κ2) is 3.92. The summed E-state index contributed by atoms with van der Waals surface area (Å²) in [6.07, 6.45) is 0. The minimum atomic E-state index is -0.102. The predicted molar refractivity (Wildman–Crippen MR) is 81.1 cm³/mol. The van der Waals surface area contributed by atoms with E-state index in [4.69, 9.17) is 0 Å². The fraction of sp³-hybridized carbons (Fsp3) is 0.111. The summed E-state index contributed by atoms with van der Waals surface area (Å²) in [6.45, 7) is 3.94. The number of hydrogen-bond donors (Lipinski definition) is 1. The van der Waals surface area contributed by atoms with E-state index in [9.17, 15) is 9.59 Å². The Morgan fingerprint density at radius 1 is 0.810 bits per heavy atom. The van der Waals surface area contributed by atoms with Crippen molar-refractivity contribution in [3.63, 3.8) is 0 Å². The van der Waals surface area contributed by atoms with Crippen LogP contribution in [0.25, 0.3) is 10.9 Å². The second-order valence-corrected chi connectivity index (χ2v) is 5.53. The Bertz CT molecular complexity index is 947. The van der Waals surface area contributed by atoms with Crippen molar-refractivity contribution in [2.75, 3.05) is 0 Å². The highest BCUT2D eigenvalue weighted by molar-refractivity contribution is 6.32. The zero-order valence-corrected chi connectivity index (χ0v) is 11.8. The number of ketones is 2. The number of aromatic amines is 1.